The first-order chi connectivity index (χ1) is 12.6. The Kier molecular flexibility index (Phi) is 4.66. The van der Waals surface area contributed by atoms with E-state index >= 15 is 0 Å². The molecule has 5 heteroatoms. The van der Waals surface area contributed by atoms with Gasteiger partial charge in [0, 0.05) is 22.0 Å². The van der Waals surface area contributed by atoms with E-state index < -0.39 is 0 Å². The highest BCUT2D eigenvalue weighted by molar-refractivity contribution is 6.31. The van der Waals surface area contributed by atoms with Gasteiger partial charge in [0.25, 0.3) is 0 Å². The predicted molar refractivity (Wildman–Crippen MR) is 106 cm³/mol. The van der Waals surface area contributed by atoms with Crippen LogP contribution in [0.3, 0.4) is 0 Å². The topological polar surface area (TPSA) is 15.6 Å². The zero-order valence-corrected chi connectivity index (χ0v) is 15.3. The average molecular weight is 385 g/mol. The van der Waals surface area contributed by atoms with Crippen molar-refractivity contribution in [1.82, 2.24) is 0 Å². The normalized spacial score (nSPS) is 16.7. The number of anilines is 1. The smallest absolute Gasteiger partial charge is 0.128 e. The van der Waals surface area contributed by atoms with Gasteiger partial charge in [0.05, 0.1) is 17.4 Å². The third-order valence-corrected chi connectivity index (χ3v) is 4.91. The summed E-state index contributed by atoms with van der Waals surface area (Å²) in [5, 5.41) is 7.91. The van der Waals surface area contributed by atoms with Crippen LogP contribution in [0.15, 0.2) is 77.9 Å². The van der Waals surface area contributed by atoms with Gasteiger partial charge in [-0.2, -0.15) is 5.10 Å². The van der Waals surface area contributed by atoms with Gasteiger partial charge in [-0.1, -0.05) is 59.6 Å². The largest absolute Gasteiger partial charge is 0.257 e. The van der Waals surface area contributed by atoms with E-state index in [4.69, 9.17) is 28.3 Å². The van der Waals surface area contributed by atoms with Crippen LogP contribution in [0.25, 0.3) is 0 Å². The van der Waals surface area contributed by atoms with Crippen LogP contribution in [-0.2, 0) is 0 Å². The molecule has 0 spiro atoms. The maximum Gasteiger partial charge on any atom is 0.128 e. The number of benzene rings is 3. The van der Waals surface area contributed by atoms with Gasteiger partial charge in [-0.15, -0.1) is 0 Å². The second-order valence-electron chi connectivity index (χ2n) is 6.12. The lowest BCUT2D eigenvalue weighted by molar-refractivity contribution is 0.579. The summed E-state index contributed by atoms with van der Waals surface area (Å²) in [5.41, 5.74) is 3.30. The Hall–Kier alpha value is -2.36. The quantitative estimate of drug-likeness (QED) is 0.503. The molecule has 1 aliphatic heterocycles. The maximum absolute atomic E-state index is 14.5. The minimum atomic E-state index is -0.239. The molecule has 1 aliphatic rings. The summed E-state index contributed by atoms with van der Waals surface area (Å²) in [6.07, 6.45) is 0.592. The summed E-state index contributed by atoms with van der Waals surface area (Å²) >= 11 is 12.1. The molecule has 0 fully saturated rings. The van der Waals surface area contributed by atoms with Gasteiger partial charge in [0.15, 0.2) is 0 Å². The molecule has 130 valence electrons. The second kappa shape index (κ2) is 7.10. The van der Waals surface area contributed by atoms with E-state index in [9.17, 15) is 4.39 Å². The third-order valence-electron chi connectivity index (χ3n) is 4.42. The average Bonchev–Trinajstić information content (AvgIpc) is 3.08. The predicted octanol–water partition coefficient (Wildman–Crippen LogP) is 6.49. The van der Waals surface area contributed by atoms with Crippen molar-refractivity contribution in [3.63, 3.8) is 0 Å². The van der Waals surface area contributed by atoms with Crippen LogP contribution in [0, 0.1) is 5.82 Å². The van der Waals surface area contributed by atoms with Crippen molar-refractivity contribution in [1.29, 1.82) is 0 Å². The van der Waals surface area contributed by atoms with Crippen LogP contribution < -0.4 is 5.01 Å². The molecule has 0 N–H and O–H groups in total. The lowest BCUT2D eigenvalue weighted by atomic mass is 9.98. The number of hydrogen-bond acceptors (Lipinski definition) is 2. The van der Waals surface area contributed by atoms with Gasteiger partial charge in [-0.3, -0.25) is 5.01 Å². The van der Waals surface area contributed by atoms with Crippen molar-refractivity contribution in [2.75, 3.05) is 5.01 Å². The molecule has 1 heterocycles. The number of nitrogens with zero attached hydrogens (tertiary/aromatic N) is 2. The lowest BCUT2D eigenvalue weighted by Crippen LogP contribution is -2.19. The molecule has 0 amide bonds. The van der Waals surface area contributed by atoms with E-state index in [1.54, 1.807) is 12.1 Å². The Morgan fingerprint density at radius 1 is 0.885 bits per heavy atom. The zero-order valence-electron chi connectivity index (χ0n) is 13.7. The maximum atomic E-state index is 14.5. The molecular weight excluding hydrogens is 370 g/mol. The molecule has 0 bridgehead atoms. The number of hydrogen-bond donors (Lipinski definition) is 0. The Morgan fingerprint density at radius 3 is 2.38 bits per heavy atom. The van der Waals surface area contributed by atoms with Crippen molar-refractivity contribution < 1.29 is 4.39 Å². The van der Waals surface area contributed by atoms with Crippen LogP contribution in [0.2, 0.25) is 10.0 Å². The van der Waals surface area contributed by atoms with Gasteiger partial charge in [0.1, 0.15) is 5.82 Å². The molecule has 1 unspecified atom stereocenters. The number of hydrazone groups is 1. The first kappa shape index (κ1) is 17.1. The van der Waals surface area contributed by atoms with Crippen LogP contribution in [0.5, 0.6) is 0 Å². The summed E-state index contributed by atoms with van der Waals surface area (Å²) in [7, 11) is 0. The third kappa shape index (κ3) is 3.33. The van der Waals surface area contributed by atoms with E-state index in [0.29, 0.717) is 22.0 Å². The standard InChI is InChI=1S/C21H15Cl2FN2/c22-15-10-8-14(9-11-15)20-13-21(18-6-1-2-7-19(18)24)26(25-20)17-5-3-4-16(23)12-17/h1-12,21H,13H2. The molecule has 0 aromatic heterocycles. The van der Waals surface area contributed by atoms with Gasteiger partial charge < -0.3 is 0 Å². The number of rotatable bonds is 3. The molecule has 26 heavy (non-hydrogen) atoms. The SMILES string of the molecule is Fc1ccccc1C1CC(c2ccc(Cl)cc2)=NN1c1cccc(Cl)c1. The molecule has 0 saturated carbocycles. The Balaban J connectivity index is 1.78. The van der Waals surface area contributed by atoms with Gasteiger partial charge in [0.2, 0.25) is 0 Å². The molecule has 3 aromatic rings. The molecule has 4 rings (SSSR count). The minimum Gasteiger partial charge on any atom is -0.257 e. The Labute approximate surface area is 161 Å². The summed E-state index contributed by atoms with van der Waals surface area (Å²) < 4.78 is 14.5. The van der Waals surface area contributed by atoms with E-state index in [2.05, 4.69) is 0 Å². The number of halogens is 3. The molecular formula is C21H15Cl2FN2. The van der Waals surface area contributed by atoms with E-state index in [-0.39, 0.29) is 11.9 Å². The van der Waals surface area contributed by atoms with Crippen molar-refractivity contribution in [3.8, 4) is 0 Å². The minimum absolute atomic E-state index is 0.236. The van der Waals surface area contributed by atoms with Crippen molar-refractivity contribution >= 4 is 34.6 Å². The fourth-order valence-electron chi connectivity index (χ4n) is 3.17. The summed E-state index contributed by atoms with van der Waals surface area (Å²) in [6.45, 7) is 0. The zero-order chi connectivity index (χ0) is 18.1. The van der Waals surface area contributed by atoms with E-state index in [1.165, 1.54) is 6.07 Å². The molecule has 0 radical (unpaired) electrons. The highest BCUT2D eigenvalue weighted by Gasteiger charge is 2.31. The van der Waals surface area contributed by atoms with Crippen molar-refractivity contribution in [3.05, 3.63) is 99.8 Å². The highest BCUT2D eigenvalue weighted by atomic mass is 35.5. The Bertz CT molecular complexity index is 970. The van der Waals surface area contributed by atoms with E-state index in [1.807, 2.05) is 59.6 Å². The van der Waals surface area contributed by atoms with Crippen LogP contribution >= 0.6 is 23.2 Å². The second-order valence-corrected chi connectivity index (χ2v) is 6.99. The molecule has 3 aromatic carbocycles. The van der Waals surface area contributed by atoms with Gasteiger partial charge >= 0.3 is 0 Å². The highest BCUT2D eigenvalue weighted by Crippen LogP contribution is 2.38. The first-order valence-electron chi connectivity index (χ1n) is 8.24. The molecule has 2 nitrogen and oxygen atoms in total. The monoisotopic (exact) mass is 384 g/mol. The van der Waals surface area contributed by atoms with Crippen LogP contribution in [-0.4, -0.2) is 5.71 Å². The fourth-order valence-corrected chi connectivity index (χ4v) is 3.48. The Morgan fingerprint density at radius 2 is 1.65 bits per heavy atom. The van der Waals surface area contributed by atoms with Crippen LogP contribution in [0.4, 0.5) is 10.1 Å². The molecule has 1 atom stereocenters. The summed E-state index contributed by atoms with van der Waals surface area (Å²) in [6, 6.07) is 21.5. The van der Waals surface area contributed by atoms with Gasteiger partial charge in [-0.05, 0) is 42.0 Å². The summed E-state index contributed by atoms with van der Waals surface area (Å²) in [5.74, 6) is -0.239. The van der Waals surface area contributed by atoms with E-state index in [0.717, 1.165) is 17.0 Å². The van der Waals surface area contributed by atoms with Crippen LogP contribution in [0.1, 0.15) is 23.6 Å². The van der Waals surface area contributed by atoms with Crippen molar-refractivity contribution in [2.45, 2.75) is 12.5 Å². The summed E-state index contributed by atoms with van der Waals surface area (Å²) in [4.78, 5) is 0. The molecule has 0 saturated heterocycles. The molecule has 0 aliphatic carbocycles. The first-order valence-corrected chi connectivity index (χ1v) is 9.00. The van der Waals surface area contributed by atoms with Gasteiger partial charge in [-0.25, -0.2) is 4.39 Å². The fraction of sp³-hybridized carbons (Fsp3) is 0.0952. The lowest BCUT2D eigenvalue weighted by Gasteiger charge is -2.24. The van der Waals surface area contributed by atoms with Crippen molar-refractivity contribution in [2.24, 2.45) is 5.10 Å².